The van der Waals surface area contributed by atoms with E-state index in [0.717, 1.165) is 0 Å². The van der Waals surface area contributed by atoms with Gasteiger partial charge < -0.3 is 9.22 Å². The molecule has 0 heterocycles. The molecule has 1 atom stereocenters. The smallest absolute Gasteiger partial charge is 0.315 e. The Morgan fingerprint density at radius 2 is 1.89 bits per heavy atom. The highest BCUT2D eigenvalue weighted by Gasteiger charge is 1.95. The lowest BCUT2D eigenvalue weighted by Crippen LogP contribution is -2.10. The molecule has 9 heavy (non-hydrogen) atoms. The van der Waals surface area contributed by atoms with Crippen LogP contribution in [0.1, 0.15) is 26.2 Å². The van der Waals surface area contributed by atoms with Crippen LogP contribution in [0.2, 0.25) is 6.55 Å². The first-order chi connectivity index (χ1) is 4.27. The van der Waals surface area contributed by atoms with E-state index in [9.17, 15) is 0 Å². The van der Waals surface area contributed by atoms with Gasteiger partial charge in [-0.25, -0.2) is 0 Å². The van der Waals surface area contributed by atoms with Crippen LogP contribution in [0.15, 0.2) is 0 Å². The van der Waals surface area contributed by atoms with E-state index < -0.39 is 9.28 Å². The summed E-state index contributed by atoms with van der Waals surface area (Å²) in [7, 11) is -1.67. The molecule has 0 aromatic heterocycles. The van der Waals surface area contributed by atoms with Crippen LogP contribution < -0.4 is 0 Å². The quantitative estimate of drug-likeness (QED) is 0.593. The molecule has 2 nitrogen and oxygen atoms in total. The molecule has 1 N–H and O–H groups in total. The summed E-state index contributed by atoms with van der Waals surface area (Å²) in [6.45, 7) is 4.24. The fourth-order valence-corrected chi connectivity index (χ4v) is 0.724. The fraction of sp³-hybridized carbons (Fsp3) is 1.00. The third-order valence-electron chi connectivity index (χ3n) is 0.761. The van der Waals surface area contributed by atoms with E-state index in [0.29, 0.717) is 6.61 Å². The van der Waals surface area contributed by atoms with E-state index in [1.54, 1.807) is 6.55 Å². The van der Waals surface area contributed by atoms with Crippen molar-refractivity contribution in [3.05, 3.63) is 0 Å². The van der Waals surface area contributed by atoms with Crippen molar-refractivity contribution < 1.29 is 9.22 Å². The Morgan fingerprint density at radius 1 is 1.44 bits per heavy atom. The summed E-state index contributed by atoms with van der Waals surface area (Å²) in [5, 5.41) is 0. The summed E-state index contributed by atoms with van der Waals surface area (Å²) in [6.07, 6.45) is 4.50. The summed E-state index contributed by atoms with van der Waals surface area (Å²) in [5.41, 5.74) is 0. The summed E-state index contributed by atoms with van der Waals surface area (Å²) in [5.74, 6) is 0. The van der Waals surface area contributed by atoms with Gasteiger partial charge in [-0.1, -0.05) is 19.3 Å². The molecule has 0 bridgehead atoms. The van der Waals surface area contributed by atoms with Crippen LogP contribution in [0.25, 0.3) is 0 Å². The van der Waals surface area contributed by atoms with Crippen LogP contribution in [-0.4, -0.2) is 20.7 Å². The zero-order valence-electron chi connectivity index (χ0n) is 6.26. The summed E-state index contributed by atoms with van der Waals surface area (Å²) < 4.78 is 4.74. The van der Waals surface area contributed by atoms with Gasteiger partial charge in [0.2, 0.25) is 0 Å². The van der Waals surface area contributed by atoms with Crippen LogP contribution in [0.5, 0.6) is 0 Å². The zero-order valence-corrected chi connectivity index (χ0v) is 7.42. The second kappa shape index (κ2) is 6.26. The molecule has 1 saturated carbocycles. The molecule has 56 valence electrons. The van der Waals surface area contributed by atoms with Crippen molar-refractivity contribution >= 4 is 9.28 Å². The molecule has 0 amide bonds. The predicted molar refractivity (Wildman–Crippen MR) is 40.7 cm³/mol. The minimum atomic E-state index is -1.67. The van der Waals surface area contributed by atoms with Crippen LogP contribution >= 0.6 is 0 Å². The Hall–Kier alpha value is 0.137. The van der Waals surface area contributed by atoms with Crippen molar-refractivity contribution in [2.45, 2.75) is 32.7 Å². The zero-order chi connectivity index (χ0) is 7.11. The average Bonchev–Trinajstić information content (AvgIpc) is 2.45. The molecule has 1 fully saturated rings. The summed E-state index contributed by atoms with van der Waals surface area (Å²) >= 11 is 0. The largest absolute Gasteiger partial charge is 0.413 e. The second-order valence-electron chi connectivity index (χ2n) is 2.12. The fourth-order valence-electron chi connectivity index (χ4n) is 0.241. The van der Waals surface area contributed by atoms with E-state index in [4.69, 9.17) is 9.22 Å². The minimum absolute atomic E-state index is 0.643. The van der Waals surface area contributed by atoms with Crippen molar-refractivity contribution in [3.8, 4) is 0 Å². The van der Waals surface area contributed by atoms with Gasteiger partial charge in [0.05, 0.1) is 0 Å². The molecular weight excluding hydrogens is 132 g/mol. The Balaban J connectivity index is 0.000000173. The van der Waals surface area contributed by atoms with Gasteiger partial charge in [0, 0.05) is 6.61 Å². The summed E-state index contributed by atoms with van der Waals surface area (Å²) in [4.78, 5) is 8.47. The number of hydrogen-bond donors (Lipinski definition) is 1. The molecule has 0 aliphatic heterocycles. The van der Waals surface area contributed by atoms with Crippen molar-refractivity contribution in [1.82, 2.24) is 0 Å². The van der Waals surface area contributed by atoms with Crippen LogP contribution in [0.4, 0.5) is 0 Å². The highest BCUT2D eigenvalue weighted by molar-refractivity contribution is 6.40. The topological polar surface area (TPSA) is 29.5 Å². The normalized spacial score (nSPS) is 17.7. The maximum absolute atomic E-state index is 8.47. The van der Waals surface area contributed by atoms with Crippen LogP contribution in [-0.2, 0) is 4.43 Å². The second-order valence-corrected chi connectivity index (χ2v) is 3.65. The third-order valence-corrected chi connectivity index (χ3v) is 1.58. The van der Waals surface area contributed by atoms with Crippen LogP contribution in [0, 0.1) is 0 Å². The molecule has 1 rings (SSSR count). The Bertz CT molecular complexity index is 52.3. The van der Waals surface area contributed by atoms with E-state index >= 15 is 0 Å². The van der Waals surface area contributed by atoms with Gasteiger partial charge >= 0.3 is 9.28 Å². The van der Waals surface area contributed by atoms with Crippen molar-refractivity contribution in [2.24, 2.45) is 0 Å². The van der Waals surface area contributed by atoms with Crippen molar-refractivity contribution in [1.29, 1.82) is 0 Å². The van der Waals surface area contributed by atoms with Gasteiger partial charge in [0.1, 0.15) is 0 Å². The van der Waals surface area contributed by atoms with Crippen molar-refractivity contribution in [2.75, 3.05) is 6.61 Å². The standard InChI is InChI=1S/C3H10O2Si.C3H6/c1-3-5-6(2)4;1-2-3-1/h4,6H,3H2,1-2H3;1-3H2. The molecule has 1 aliphatic carbocycles. The average molecular weight is 148 g/mol. The van der Waals surface area contributed by atoms with E-state index in [1.807, 2.05) is 6.92 Å². The Labute approximate surface area is 58.7 Å². The minimum Gasteiger partial charge on any atom is -0.413 e. The van der Waals surface area contributed by atoms with Gasteiger partial charge in [0.25, 0.3) is 0 Å². The molecule has 0 saturated heterocycles. The SMILES string of the molecule is C1CC1.CCO[SiH](C)O. The number of hydrogen-bond acceptors (Lipinski definition) is 2. The van der Waals surface area contributed by atoms with E-state index in [1.165, 1.54) is 19.3 Å². The van der Waals surface area contributed by atoms with E-state index in [-0.39, 0.29) is 0 Å². The molecule has 3 heteroatoms. The molecule has 0 aromatic carbocycles. The van der Waals surface area contributed by atoms with Gasteiger partial charge in [-0.2, -0.15) is 0 Å². The summed E-state index contributed by atoms with van der Waals surface area (Å²) in [6, 6.07) is 0. The highest BCUT2D eigenvalue weighted by Crippen LogP contribution is 2.14. The lowest BCUT2D eigenvalue weighted by Gasteiger charge is -1.96. The molecule has 0 aromatic rings. The first kappa shape index (κ1) is 9.14. The highest BCUT2D eigenvalue weighted by atomic mass is 28.3. The van der Waals surface area contributed by atoms with E-state index in [2.05, 4.69) is 0 Å². The lowest BCUT2D eigenvalue weighted by molar-refractivity contribution is 0.281. The van der Waals surface area contributed by atoms with Gasteiger partial charge in [-0.05, 0) is 13.5 Å². The van der Waals surface area contributed by atoms with Crippen LogP contribution in [0.3, 0.4) is 0 Å². The maximum Gasteiger partial charge on any atom is 0.315 e. The Kier molecular flexibility index (Phi) is 6.35. The predicted octanol–water partition coefficient (Wildman–Crippen LogP) is 1.04. The lowest BCUT2D eigenvalue weighted by atomic mass is 10.9. The number of rotatable bonds is 2. The van der Waals surface area contributed by atoms with Gasteiger partial charge in [0.15, 0.2) is 0 Å². The first-order valence-electron chi connectivity index (χ1n) is 3.57. The Morgan fingerprint density at radius 3 is 1.89 bits per heavy atom. The third kappa shape index (κ3) is 17.9. The van der Waals surface area contributed by atoms with Crippen molar-refractivity contribution in [3.63, 3.8) is 0 Å². The molecule has 1 aliphatic rings. The monoisotopic (exact) mass is 148 g/mol. The maximum atomic E-state index is 8.47. The molecular formula is C6H16O2Si. The van der Waals surface area contributed by atoms with Gasteiger partial charge in [-0.15, -0.1) is 0 Å². The molecule has 0 radical (unpaired) electrons. The van der Waals surface area contributed by atoms with Gasteiger partial charge in [-0.3, -0.25) is 0 Å². The first-order valence-corrected chi connectivity index (χ1v) is 5.71. The molecule has 0 spiro atoms. The molecule has 1 unspecified atom stereocenters.